The highest BCUT2D eigenvalue weighted by molar-refractivity contribution is 6.32. The van der Waals surface area contributed by atoms with Crippen LogP contribution in [0.2, 0.25) is 5.02 Å². The summed E-state index contributed by atoms with van der Waals surface area (Å²) >= 11 is 6.23. The van der Waals surface area contributed by atoms with Crippen LogP contribution in [0.15, 0.2) is 65.1 Å². The van der Waals surface area contributed by atoms with E-state index < -0.39 is 0 Å². The van der Waals surface area contributed by atoms with E-state index in [-0.39, 0.29) is 11.7 Å². The highest BCUT2D eigenvalue weighted by Gasteiger charge is 2.08. The third-order valence-corrected chi connectivity index (χ3v) is 3.26. The van der Waals surface area contributed by atoms with Crippen LogP contribution in [0.3, 0.4) is 0 Å². The van der Waals surface area contributed by atoms with Crippen LogP contribution in [-0.2, 0) is 0 Å². The molecular weight excluding hydrogens is 288 g/mol. The zero-order chi connectivity index (χ0) is 14.7. The maximum absolute atomic E-state index is 10.6. The van der Waals surface area contributed by atoms with Gasteiger partial charge in [-0.1, -0.05) is 48.0 Å². The van der Waals surface area contributed by atoms with E-state index in [1.807, 2.05) is 42.5 Å². The molecule has 0 aliphatic heterocycles. The van der Waals surface area contributed by atoms with Gasteiger partial charge in [0, 0.05) is 6.07 Å². The second kappa shape index (κ2) is 5.85. The predicted octanol–water partition coefficient (Wildman–Crippen LogP) is 5.20. The lowest BCUT2D eigenvalue weighted by Crippen LogP contribution is -1.85. The van der Waals surface area contributed by atoms with E-state index in [4.69, 9.17) is 20.8 Å². The molecule has 1 aromatic heterocycles. The lowest BCUT2D eigenvalue weighted by molar-refractivity contribution is 0.109. The number of benzene rings is 2. The van der Waals surface area contributed by atoms with Gasteiger partial charge in [0.15, 0.2) is 12.0 Å². The van der Waals surface area contributed by atoms with Gasteiger partial charge in [-0.05, 0) is 29.3 Å². The number of carbonyl (C=O) groups excluding carboxylic acids is 1. The van der Waals surface area contributed by atoms with Crippen LogP contribution >= 0.6 is 11.6 Å². The van der Waals surface area contributed by atoms with E-state index in [0.29, 0.717) is 17.1 Å². The molecule has 0 amide bonds. The molecule has 0 N–H and O–H groups in total. The number of ether oxygens (including phenoxy) is 1. The summed E-state index contributed by atoms with van der Waals surface area (Å²) in [6.07, 6.45) is 0.618. The Labute approximate surface area is 126 Å². The lowest BCUT2D eigenvalue weighted by atomic mass is 10.1. The molecule has 1 heterocycles. The monoisotopic (exact) mass is 298 g/mol. The number of hydrogen-bond donors (Lipinski definition) is 0. The molecule has 0 aliphatic carbocycles. The van der Waals surface area contributed by atoms with Crippen molar-refractivity contribution >= 4 is 17.9 Å². The number of carbonyl (C=O) groups is 1. The summed E-state index contributed by atoms with van der Waals surface area (Å²) in [6.45, 7) is 0. The third-order valence-electron chi connectivity index (χ3n) is 2.97. The van der Waals surface area contributed by atoms with E-state index in [9.17, 15) is 4.79 Å². The number of hydrogen-bond acceptors (Lipinski definition) is 3. The fourth-order valence-corrected chi connectivity index (χ4v) is 2.17. The van der Waals surface area contributed by atoms with Crippen molar-refractivity contribution in [2.75, 3.05) is 0 Å². The van der Waals surface area contributed by atoms with Crippen molar-refractivity contribution in [1.29, 1.82) is 0 Å². The fraction of sp³-hybridized carbons (Fsp3) is 0. The fourth-order valence-electron chi connectivity index (χ4n) is 1.95. The first-order valence-corrected chi connectivity index (χ1v) is 6.72. The third kappa shape index (κ3) is 2.98. The van der Waals surface area contributed by atoms with E-state index >= 15 is 0 Å². The summed E-state index contributed by atoms with van der Waals surface area (Å²) < 4.78 is 10.7. The number of halogens is 1. The van der Waals surface area contributed by atoms with Gasteiger partial charge < -0.3 is 9.15 Å². The molecule has 0 atom stereocenters. The van der Waals surface area contributed by atoms with Gasteiger partial charge in [0.25, 0.3) is 5.95 Å². The number of aldehydes is 1. The van der Waals surface area contributed by atoms with Gasteiger partial charge in [0.2, 0.25) is 0 Å². The number of rotatable bonds is 4. The molecule has 3 aromatic rings. The highest BCUT2D eigenvalue weighted by Crippen LogP contribution is 2.33. The minimum absolute atomic E-state index is 0.210. The molecule has 3 rings (SSSR count). The van der Waals surface area contributed by atoms with Crippen LogP contribution in [0, 0.1) is 0 Å². The minimum Gasteiger partial charge on any atom is -0.424 e. The molecule has 0 radical (unpaired) electrons. The van der Waals surface area contributed by atoms with E-state index in [0.717, 1.165) is 11.1 Å². The SMILES string of the molecule is O=Cc1ccc(Oc2ccc(-c3ccccc3)cc2Cl)o1. The Morgan fingerprint density at radius 2 is 1.76 bits per heavy atom. The van der Waals surface area contributed by atoms with Crippen molar-refractivity contribution in [1.82, 2.24) is 0 Å². The van der Waals surface area contributed by atoms with E-state index in [2.05, 4.69) is 0 Å². The highest BCUT2D eigenvalue weighted by atomic mass is 35.5. The first-order chi connectivity index (χ1) is 10.3. The zero-order valence-electron chi connectivity index (χ0n) is 11.0. The van der Waals surface area contributed by atoms with Gasteiger partial charge in [-0.3, -0.25) is 4.79 Å². The summed E-state index contributed by atoms with van der Waals surface area (Å²) in [5.74, 6) is 0.914. The van der Waals surface area contributed by atoms with Crippen LogP contribution in [0.5, 0.6) is 11.7 Å². The van der Waals surface area contributed by atoms with E-state index in [1.54, 1.807) is 12.1 Å². The summed E-state index contributed by atoms with van der Waals surface area (Å²) in [6, 6.07) is 18.5. The summed E-state index contributed by atoms with van der Waals surface area (Å²) in [5, 5.41) is 0.473. The smallest absolute Gasteiger partial charge is 0.290 e. The summed E-state index contributed by atoms with van der Waals surface area (Å²) in [5.41, 5.74) is 2.08. The molecule has 0 unspecified atom stereocenters. The first-order valence-electron chi connectivity index (χ1n) is 6.34. The molecule has 4 heteroatoms. The first kappa shape index (κ1) is 13.5. The quantitative estimate of drug-likeness (QED) is 0.621. The van der Waals surface area contributed by atoms with Crippen molar-refractivity contribution in [3.63, 3.8) is 0 Å². The Bertz CT molecular complexity index is 763. The Balaban J connectivity index is 1.86. The van der Waals surface area contributed by atoms with Crippen molar-refractivity contribution in [2.24, 2.45) is 0 Å². The second-order valence-electron chi connectivity index (χ2n) is 4.39. The molecular formula is C17H11ClO3. The van der Waals surface area contributed by atoms with Gasteiger partial charge >= 0.3 is 0 Å². The normalized spacial score (nSPS) is 10.3. The minimum atomic E-state index is 0.210. The lowest BCUT2D eigenvalue weighted by Gasteiger charge is -2.07. The largest absolute Gasteiger partial charge is 0.424 e. The average molecular weight is 299 g/mol. The zero-order valence-corrected chi connectivity index (χ0v) is 11.7. The molecule has 0 saturated heterocycles. The van der Waals surface area contributed by atoms with Crippen molar-refractivity contribution in [2.45, 2.75) is 0 Å². The molecule has 0 aliphatic rings. The van der Waals surface area contributed by atoms with Gasteiger partial charge in [-0.2, -0.15) is 0 Å². The Kier molecular flexibility index (Phi) is 3.75. The van der Waals surface area contributed by atoms with Crippen molar-refractivity contribution in [3.8, 4) is 22.8 Å². The second-order valence-corrected chi connectivity index (χ2v) is 4.80. The predicted molar refractivity (Wildman–Crippen MR) is 81.1 cm³/mol. The molecule has 21 heavy (non-hydrogen) atoms. The van der Waals surface area contributed by atoms with Crippen LogP contribution in [0.1, 0.15) is 10.6 Å². The van der Waals surface area contributed by atoms with Crippen LogP contribution in [-0.4, -0.2) is 6.29 Å². The molecule has 104 valence electrons. The van der Waals surface area contributed by atoms with Gasteiger partial charge in [0.05, 0.1) is 5.02 Å². The van der Waals surface area contributed by atoms with Gasteiger partial charge in [-0.25, -0.2) is 0 Å². The van der Waals surface area contributed by atoms with Crippen LogP contribution in [0.25, 0.3) is 11.1 Å². The van der Waals surface area contributed by atoms with Crippen molar-refractivity contribution < 1.29 is 13.9 Å². The summed E-state index contributed by atoms with van der Waals surface area (Å²) in [4.78, 5) is 10.6. The van der Waals surface area contributed by atoms with Crippen LogP contribution in [0.4, 0.5) is 0 Å². The maximum Gasteiger partial charge on any atom is 0.290 e. The number of furan rings is 1. The van der Waals surface area contributed by atoms with Gasteiger partial charge in [0.1, 0.15) is 5.75 Å². The average Bonchev–Trinajstić information content (AvgIpc) is 2.98. The van der Waals surface area contributed by atoms with Crippen molar-refractivity contribution in [3.05, 3.63) is 71.4 Å². The Morgan fingerprint density at radius 1 is 0.952 bits per heavy atom. The standard InChI is InChI=1S/C17H11ClO3/c18-15-10-13(12-4-2-1-3-5-12)6-8-16(15)21-17-9-7-14(11-19)20-17/h1-11H. The molecule has 2 aromatic carbocycles. The Hall–Kier alpha value is -2.52. The Morgan fingerprint density at radius 3 is 2.43 bits per heavy atom. The molecule has 0 spiro atoms. The summed E-state index contributed by atoms with van der Waals surface area (Å²) in [7, 11) is 0. The molecule has 3 nitrogen and oxygen atoms in total. The molecule has 0 fully saturated rings. The molecule has 0 bridgehead atoms. The molecule has 0 saturated carbocycles. The van der Waals surface area contributed by atoms with Gasteiger partial charge in [-0.15, -0.1) is 0 Å². The van der Waals surface area contributed by atoms with Crippen LogP contribution < -0.4 is 4.74 Å². The maximum atomic E-state index is 10.6. The topological polar surface area (TPSA) is 39.4 Å². The van der Waals surface area contributed by atoms with E-state index in [1.165, 1.54) is 6.07 Å².